The summed E-state index contributed by atoms with van der Waals surface area (Å²) in [6.07, 6.45) is -1.12. The smallest absolute Gasteiger partial charge is 0.271 e. The molecular formula is C23H15Cl2N3O5. The van der Waals surface area contributed by atoms with Gasteiger partial charge in [0, 0.05) is 22.2 Å². The van der Waals surface area contributed by atoms with Crippen molar-refractivity contribution in [3.63, 3.8) is 0 Å². The van der Waals surface area contributed by atoms with Crippen LogP contribution in [-0.4, -0.2) is 22.8 Å². The normalized spacial score (nSPS) is 22.1. The zero-order valence-corrected chi connectivity index (χ0v) is 18.3. The molecule has 5 rings (SSSR count). The van der Waals surface area contributed by atoms with E-state index in [1.807, 2.05) is 0 Å². The van der Waals surface area contributed by atoms with Gasteiger partial charge in [-0.3, -0.25) is 24.5 Å². The van der Waals surface area contributed by atoms with Gasteiger partial charge in [-0.05, 0) is 42.0 Å². The van der Waals surface area contributed by atoms with Crippen molar-refractivity contribution in [3.8, 4) is 0 Å². The number of hydrogen-bond donors (Lipinski definition) is 0. The van der Waals surface area contributed by atoms with Crippen LogP contribution in [0.25, 0.3) is 0 Å². The van der Waals surface area contributed by atoms with E-state index in [4.69, 9.17) is 28.0 Å². The topological polar surface area (TPSA) is 93.0 Å². The van der Waals surface area contributed by atoms with Gasteiger partial charge >= 0.3 is 0 Å². The molecule has 0 unspecified atom stereocenters. The molecule has 0 N–H and O–H groups in total. The number of carbonyl (C=O) groups excluding carboxylic acids is 2. The van der Waals surface area contributed by atoms with Crippen LogP contribution in [0.3, 0.4) is 0 Å². The zero-order chi connectivity index (χ0) is 23.3. The van der Waals surface area contributed by atoms with E-state index < -0.39 is 34.8 Å². The average molecular weight is 484 g/mol. The van der Waals surface area contributed by atoms with Crippen LogP contribution in [0.1, 0.15) is 11.6 Å². The largest absolute Gasteiger partial charge is 0.273 e. The molecule has 0 radical (unpaired) electrons. The number of anilines is 2. The second kappa shape index (κ2) is 8.15. The first-order valence-corrected chi connectivity index (χ1v) is 10.7. The van der Waals surface area contributed by atoms with Crippen molar-refractivity contribution in [2.75, 3.05) is 9.96 Å². The maximum absolute atomic E-state index is 13.5. The predicted molar refractivity (Wildman–Crippen MR) is 122 cm³/mol. The fourth-order valence-electron chi connectivity index (χ4n) is 4.26. The first-order chi connectivity index (χ1) is 15.9. The van der Waals surface area contributed by atoms with Crippen molar-refractivity contribution < 1.29 is 19.3 Å². The lowest BCUT2D eigenvalue weighted by Gasteiger charge is -2.29. The number of hydrogen-bond acceptors (Lipinski definition) is 6. The number of hydroxylamine groups is 1. The van der Waals surface area contributed by atoms with E-state index in [0.717, 1.165) is 4.90 Å². The van der Waals surface area contributed by atoms with Gasteiger partial charge in [-0.1, -0.05) is 47.5 Å². The highest BCUT2D eigenvalue weighted by atomic mass is 35.5. The van der Waals surface area contributed by atoms with Gasteiger partial charge in [0.1, 0.15) is 5.92 Å². The highest BCUT2D eigenvalue weighted by Gasteiger charge is 2.60. The summed E-state index contributed by atoms with van der Waals surface area (Å²) >= 11 is 12.4. The molecule has 0 bridgehead atoms. The van der Waals surface area contributed by atoms with Crippen molar-refractivity contribution in [1.29, 1.82) is 0 Å². The molecule has 0 saturated carbocycles. The van der Waals surface area contributed by atoms with E-state index in [-0.39, 0.29) is 5.69 Å². The van der Waals surface area contributed by atoms with Crippen molar-refractivity contribution in [2.45, 2.75) is 12.1 Å². The summed E-state index contributed by atoms with van der Waals surface area (Å²) in [7, 11) is 0. The fourth-order valence-corrected chi connectivity index (χ4v) is 4.63. The number of nitro benzene ring substituents is 1. The number of nitrogens with zero attached hydrogens (tertiary/aromatic N) is 3. The standard InChI is InChI=1S/C23H15Cl2N3O5/c24-13-8-10-14(11-9-13)26-22(29)19-20(17-6-1-2-7-18(17)25)27(33-21(19)23(26)30)15-4-3-5-16(12-15)28(31)32/h1-12,19-21H/t19-,20+,21+/m1/s1. The van der Waals surface area contributed by atoms with Crippen LogP contribution < -0.4 is 9.96 Å². The molecule has 33 heavy (non-hydrogen) atoms. The second-order valence-electron chi connectivity index (χ2n) is 7.61. The number of rotatable bonds is 4. The number of halogens is 2. The minimum atomic E-state index is -1.12. The third kappa shape index (κ3) is 3.52. The molecule has 2 heterocycles. The molecule has 8 nitrogen and oxygen atoms in total. The summed E-state index contributed by atoms with van der Waals surface area (Å²) in [5, 5.41) is 13.5. The van der Waals surface area contributed by atoms with Gasteiger partial charge < -0.3 is 0 Å². The van der Waals surface area contributed by atoms with Crippen LogP contribution in [0, 0.1) is 16.0 Å². The Bertz CT molecular complexity index is 1280. The molecule has 3 atom stereocenters. The summed E-state index contributed by atoms with van der Waals surface area (Å²) in [4.78, 5) is 44.7. The van der Waals surface area contributed by atoms with Crippen molar-refractivity contribution >= 4 is 52.1 Å². The predicted octanol–water partition coefficient (Wildman–Crippen LogP) is 4.95. The Morgan fingerprint density at radius 2 is 1.61 bits per heavy atom. The van der Waals surface area contributed by atoms with Gasteiger partial charge in [0.05, 0.1) is 22.3 Å². The van der Waals surface area contributed by atoms with Crippen LogP contribution in [0.2, 0.25) is 10.0 Å². The molecule has 3 aromatic carbocycles. The third-order valence-electron chi connectivity index (χ3n) is 5.72. The minimum absolute atomic E-state index is 0.147. The van der Waals surface area contributed by atoms with E-state index in [1.165, 1.54) is 23.3 Å². The summed E-state index contributed by atoms with van der Waals surface area (Å²) in [6, 6.07) is 18.3. The maximum Gasteiger partial charge on any atom is 0.271 e. The van der Waals surface area contributed by atoms with E-state index >= 15 is 0 Å². The molecule has 2 fully saturated rings. The monoisotopic (exact) mass is 483 g/mol. The molecule has 2 aliphatic rings. The van der Waals surface area contributed by atoms with E-state index in [1.54, 1.807) is 54.6 Å². The van der Waals surface area contributed by atoms with Gasteiger partial charge in [-0.25, -0.2) is 9.96 Å². The summed E-state index contributed by atoms with van der Waals surface area (Å²) < 4.78 is 0. The van der Waals surface area contributed by atoms with Gasteiger partial charge in [0.2, 0.25) is 5.91 Å². The molecule has 3 aromatic rings. The van der Waals surface area contributed by atoms with Crippen molar-refractivity contribution in [2.24, 2.45) is 5.92 Å². The van der Waals surface area contributed by atoms with E-state index in [9.17, 15) is 19.7 Å². The first kappa shape index (κ1) is 21.4. The van der Waals surface area contributed by atoms with Gasteiger partial charge in [0.15, 0.2) is 6.10 Å². The number of imide groups is 1. The third-order valence-corrected chi connectivity index (χ3v) is 6.32. The highest BCUT2D eigenvalue weighted by molar-refractivity contribution is 6.32. The molecule has 0 spiro atoms. The van der Waals surface area contributed by atoms with Crippen LogP contribution >= 0.6 is 23.2 Å². The Labute approximate surface area is 198 Å². The lowest BCUT2D eigenvalue weighted by atomic mass is 9.90. The lowest BCUT2D eigenvalue weighted by Crippen LogP contribution is -2.37. The quantitative estimate of drug-likeness (QED) is 0.296. The van der Waals surface area contributed by atoms with E-state index in [2.05, 4.69) is 0 Å². The second-order valence-corrected chi connectivity index (χ2v) is 8.45. The summed E-state index contributed by atoms with van der Waals surface area (Å²) in [5.74, 6) is -1.89. The Hall–Kier alpha value is -3.46. The minimum Gasteiger partial charge on any atom is -0.273 e. The SMILES string of the molecule is O=C1[C@H]2[C@H](ON(c3cccc([N+](=O)[O-])c3)[C@H]2c2ccccc2Cl)C(=O)N1c1ccc(Cl)cc1. The number of benzene rings is 3. The number of carbonyl (C=O) groups is 2. The van der Waals surface area contributed by atoms with Crippen LogP contribution in [0.15, 0.2) is 72.8 Å². The Balaban J connectivity index is 1.61. The molecular weight excluding hydrogens is 469 g/mol. The van der Waals surface area contributed by atoms with Crippen molar-refractivity contribution in [3.05, 3.63) is 98.5 Å². The Morgan fingerprint density at radius 1 is 0.879 bits per heavy atom. The van der Waals surface area contributed by atoms with Crippen LogP contribution in [0.5, 0.6) is 0 Å². The van der Waals surface area contributed by atoms with Crippen LogP contribution in [-0.2, 0) is 14.4 Å². The van der Waals surface area contributed by atoms with E-state index in [0.29, 0.717) is 27.0 Å². The molecule has 0 aliphatic carbocycles. The number of fused-ring (bicyclic) bond motifs is 1. The molecule has 2 saturated heterocycles. The number of nitro groups is 1. The van der Waals surface area contributed by atoms with Crippen molar-refractivity contribution in [1.82, 2.24) is 0 Å². The fraction of sp³-hybridized carbons (Fsp3) is 0.130. The first-order valence-electron chi connectivity index (χ1n) is 9.95. The number of amides is 2. The van der Waals surface area contributed by atoms with Gasteiger partial charge in [-0.2, -0.15) is 0 Å². The number of non-ortho nitro benzene ring substituents is 1. The lowest BCUT2D eigenvalue weighted by molar-refractivity contribution is -0.384. The molecule has 166 valence electrons. The molecule has 0 aromatic heterocycles. The molecule has 10 heteroatoms. The summed E-state index contributed by atoms with van der Waals surface area (Å²) in [6.45, 7) is 0. The highest BCUT2D eigenvalue weighted by Crippen LogP contribution is 2.49. The molecule has 2 aliphatic heterocycles. The average Bonchev–Trinajstić information content (AvgIpc) is 3.31. The van der Waals surface area contributed by atoms with Gasteiger partial charge in [0.25, 0.3) is 11.6 Å². The zero-order valence-electron chi connectivity index (χ0n) is 16.8. The van der Waals surface area contributed by atoms with Crippen LogP contribution in [0.4, 0.5) is 17.1 Å². The maximum atomic E-state index is 13.5. The van der Waals surface area contributed by atoms with Gasteiger partial charge in [-0.15, -0.1) is 0 Å². The Kier molecular flexibility index (Phi) is 5.28. The Morgan fingerprint density at radius 3 is 2.30 bits per heavy atom. The molecule has 2 amide bonds. The summed E-state index contributed by atoms with van der Waals surface area (Å²) in [5.41, 5.74) is 1.14.